The molecule has 1 fully saturated rings. The van der Waals surface area contributed by atoms with Gasteiger partial charge < -0.3 is 10.1 Å². The van der Waals surface area contributed by atoms with E-state index in [1.165, 1.54) is 44.9 Å². The molecule has 0 radical (unpaired) electrons. The van der Waals surface area contributed by atoms with Gasteiger partial charge in [-0.05, 0) is 19.8 Å². The predicted molar refractivity (Wildman–Crippen MR) is 82.1 cm³/mol. The van der Waals surface area contributed by atoms with Gasteiger partial charge >= 0.3 is 5.97 Å². The second-order valence-electron chi connectivity index (χ2n) is 5.77. The van der Waals surface area contributed by atoms with Crippen molar-refractivity contribution < 1.29 is 9.53 Å². The van der Waals surface area contributed by atoms with E-state index in [9.17, 15) is 4.79 Å². The second kappa shape index (κ2) is 8.17. The second-order valence-corrected chi connectivity index (χ2v) is 5.77. The minimum Gasteiger partial charge on any atom is -0.462 e. The minimum absolute atomic E-state index is 0.278. The third kappa shape index (κ3) is 4.56. The summed E-state index contributed by atoms with van der Waals surface area (Å²) in [5, 5.41) is 7.79. The van der Waals surface area contributed by atoms with Crippen LogP contribution >= 0.6 is 0 Å². The van der Waals surface area contributed by atoms with E-state index in [0.29, 0.717) is 24.8 Å². The zero-order chi connectivity index (χ0) is 15.1. The van der Waals surface area contributed by atoms with E-state index in [1.54, 1.807) is 10.9 Å². The lowest BCUT2D eigenvalue weighted by atomic mass is 9.96. The van der Waals surface area contributed by atoms with Gasteiger partial charge in [-0.25, -0.2) is 4.79 Å². The summed E-state index contributed by atoms with van der Waals surface area (Å²) >= 11 is 0. The molecular formula is C16H27N3O2. The predicted octanol–water partition coefficient (Wildman–Crippen LogP) is 2.80. The molecule has 1 aliphatic carbocycles. The highest BCUT2D eigenvalue weighted by molar-refractivity contribution is 5.90. The van der Waals surface area contributed by atoms with Crippen molar-refractivity contribution in [2.45, 2.75) is 64.5 Å². The maximum absolute atomic E-state index is 11.9. The lowest BCUT2D eigenvalue weighted by Gasteiger charge is -2.21. The molecule has 118 valence electrons. The van der Waals surface area contributed by atoms with Crippen LogP contribution in [-0.4, -0.2) is 28.4 Å². The van der Waals surface area contributed by atoms with Crippen LogP contribution in [0, 0.1) is 0 Å². The molecule has 0 atom stereocenters. The van der Waals surface area contributed by atoms with Crippen molar-refractivity contribution in [2.75, 3.05) is 6.61 Å². The molecule has 21 heavy (non-hydrogen) atoms. The summed E-state index contributed by atoms with van der Waals surface area (Å²) in [4.78, 5) is 11.9. The largest absolute Gasteiger partial charge is 0.462 e. The van der Waals surface area contributed by atoms with Crippen LogP contribution in [0.4, 0.5) is 0 Å². The number of carbonyl (C=O) groups excluding carboxylic acids is 1. The molecule has 1 aliphatic rings. The van der Waals surface area contributed by atoms with Crippen LogP contribution in [0.1, 0.15) is 67.9 Å². The first-order valence-electron chi connectivity index (χ1n) is 8.13. The molecule has 0 amide bonds. The number of esters is 1. The molecule has 1 aromatic heterocycles. The van der Waals surface area contributed by atoms with Crippen molar-refractivity contribution in [1.29, 1.82) is 0 Å². The standard InChI is InChI=1S/C16H27N3O2/c1-3-21-16(20)14-11-18-19(2)15(14)12-17-13-9-7-5-4-6-8-10-13/h11,13,17H,3-10,12H2,1-2H3. The zero-order valence-corrected chi connectivity index (χ0v) is 13.2. The van der Waals surface area contributed by atoms with Crippen molar-refractivity contribution >= 4 is 5.97 Å². The van der Waals surface area contributed by atoms with Crippen molar-refractivity contribution in [1.82, 2.24) is 15.1 Å². The lowest BCUT2D eigenvalue weighted by molar-refractivity contribution is 0.0524. The van der Waals surface area contributed by atoms with E-state index >= 15 is 0 Å². The average Bonchev–Trinajstić information content (AvgIpc) is 2.79. The first-order chi connectivity index (χ1) is 10.2. The zero-order valence-electron chi connectivity index (χ0n) is 13.2. The Morgan fingerprint density at radius 1 is 1.33 bits per heavy atom. The number of aromatic nitrogens is 2. The maximum Gasteiger partial charge on any atom is 0.341 e. The number of nitrogens with one attached hydrogen (secondary N) is 1. The van der Waals surface area contributed by atoms with Gasteiger partial charge in [0.05, 0.1) is 18.5 Å². The van der Waals surface area contributed by atoms with Crippen LogP contribution in [0.25, 0.3) is 0 Å². The summed E-state index contributed by atoms with van der Waals surface area (Å²) in [6, 6.07) is 0.551. The van der Waals surface area contributed by atoms with Gasteiger partial charge in [-0.1, -0.05) is 32.1 Å². The monoisotopic (exact) mass is 293 g/mol. The minimum atomic E-state index is -0.278. The number of aryl methyl sites for hydroxylation is 1. The number of nitrogens with zero attached hydrogens (tertiary/aromatic N) is 2. The van der Waals surface area contributed by atoms with Crippen LogP contribution in [0.3, 0.4) is 0 Å². The summed E-state index contributed by atoms with van der Waals surface area (Å²) in [5.74, 6) is -0.278. The van der Waals surface area contributed by atoms with E-state index in [1.807, 2.05) is 14.0 Å². The van der Waals surface area contributed by atoms with Gasteiger partial charge in [0.1, 0.15) is 5.56 Å². The summed E-state index contributed by atoms with van der Waals surface area (Å²) in [7, 11) is 1.87. The fourth-order valence-corrected chi connectivity index (χ4v) is 2.95. The summed E-state index contributed by atoms with van der Waals surface area (Å²) in [5.41, 5.74) is 1.49. The fourth-order valence-electron chi connectivity index (χ4n) is 2.95. The third-order valence-electron chi connectivity index (χ3n) is 4.22. The van der Waals surface area contributed by atoms with Crippen LogP contribution < -0.4 is 5.32 Å². The molecule has 0 aromatic carbocycles. The fraction of sp³-hybridized carbons (Fsp3) is 0.750. The van der Waals surface area contributed by atoms with Crippen LogP contribution in [0.2, 0.25) is 0 Å². The van der Waals surface area contributed by atoms with E-state index in [0.717, 1.165) is 5.69 Å². The molecule has 5 nitrogen and oxygen atoms in total. The van der Waals surface area contributed by atoms with Gasteiger partial charge in [0.2, 0.25) is 0 Å². The van der Waals surface area contributed by atoms with E-state index in [-0.39, 0.29) is 5.97 Å². The summed E-state index contributed by atoms with van der Waals surface area (Å²) in [6.07, 6.45) is 10.7. The molecule has 0 aliphatic heterocycles. The molecule has 1 aromatic rings. The van der Waals surface area contributed by atoms with Crippen LogP contribution in [-0.2, 0) is 18.3 Å². The molecule has 0 unspecified atom stereocenters. The van der Waals surface area contributed by atoms with Crippen molar-refractivity contribution in [3.05, 3.63) is 17.5 Å². The normalized spacial score (nSPS) is 17.2. The highest BCUT2D eigenvalue weighted by Crippen LogP contribution is 2.18. The lowest BCUT2D eigenvalue weighted by Crippen LogP contribution is -2.30. The number of hydrogen-bond donors (Lipinski definition) is 1. The van der Waals surface area contributed by atoms with E-state index < -0.39 is 0 Å². The molecule has 0 saturated heterocycles. The highest BCUT2D eigenvalue weighted by atomic mass is 16.5. The van der Waals surface area contributed by atoms with E-state index in [4.69, 9.17) is 4.74 Å². The van der Waals surface area contributed by atoms with Gasteiger partial charge in [0.15, 0.2) is 0 Å². The Morgan fingerprint density at radius 3 is 2.67 bits per heavy atom. The molecule has 5 heteroatoms. The maximum atomic E-state index is 11.9. The molecule has 1 saturated carbocycles. The van der Waals surface area contributed by atoms with Gasteiger partial charge in [0.25, 0.3) is 0 Å². The number of hydrogen-bond acceptors (Lipinski definition) is 4. The molecule has 1 N–H and O–H groups in total. The number of carbonyl (C=O) groups is 1. The van der Waals surface area contributed by atoms with Gasteiger partial charge in [0, 0.05) is 19.6 Å². The first-order valence-corrected chi connectivity index (χ1v) is 8.13. The highest BCUT2D eigenvalue weighted by Gasteiger charge is 2.18. The Balaban J connectivity index is 1.95. The third-order valence-corrected chi connectivity index (χ3v) is 4.22. The first kappa shape index (κ1) is 16.0. The number of rotatable bonds is 5. The molecule has 0 bridgehead atoms. The quantitative estimate of drug-likeness (QED) is 0.848. The van der Waals surface area contributed by atoms with Crippen molar-refractivity contribution in [3.63, 3.8) is 0 Å². The Kier molecular flexibility index (Phi) is 6.23. The van der Waals surface area contributed by atoms with Gasteiger partial charge in [-0.2, -0.15) is 5.10 Å². The molecular weight excluding hydrogens is 266 g/mol. The molecule has 0 spiro atoms. The van der Waals surface area contributed by atoms with Gasteiger partial charge in [-0.3, -0.25) is 4.68 Å². The Labute approximate surface area is 127 Å². The van der Waals surface area contributed by atoms with Crippen molar-refractivity contribution in [2.24, 2.45) is 7.05 Å². The molecule has 2 rings (SSSR count). The van der Waals surface area contributed by atoms with Crippen LogP contribution in [0.5, 0.6) is 0 Å². The summed E-state index contributed by atoms with van der Waals surface area (Å²) < 4.78 is 6.86. The number of ether oxygens (including phenoxy) is 1. The van der Waals surface area contributed by atoms with Gasteiger partial charge in [-0.15, -0.1) is 0 Å². The van der Waals surface area contributed by atoms with Crippen LogP contribution in [0.15, 0.2) is 6.20 Å². The Bertz CT molecular complexity index is 448. The molecule has 1 heterocycles. The average molecular weight is 293 g/mol. The van der Waals surface area contributed by atoms with Crippen molar-refractivity contribution in [3.8, 4) is 0 Å². The van der Waals surface area contributed by atoms with E-state index in [2.05, 4.69) is 10.4 Å². The Morgan fingerprint density at radius 2 is 2.00 bits per heavy atom. The SMILES string of the molecule is CCOC(=O)c1cnn(C)c1CNC1CCCCCCC1. The topological polar surface area (TPSA) is 56.1 Å². The summed E-state index contributed by atoms with van der Waals surface area (Å²) in [6.45, 7) is 2.89. The smallest absolute Gasteiger partial charge is 0.341 e. The Hall–Kier alpha value is -1.36.